The lowest BCUT2D eigenvalue weighted by Crippen LogP contribution is -2.29. The van der Waals surface area contributed by atoms with E-state index in [0.29, 0.717) is 49.0 Å². The van der Waals surface area contributed by atoms with Gasteiger partial charge in [0.2, 0.25) is 15.9 Å². The number of carboxylic acid groups (broad SMARTS) is 1. The average molecular weight is 382 g/mol. The average Bonchev–Trinajstić information content (AvgIpc) is 2.58. The van der Waals surface area contributed by atoms with Crippen molar-refractivity contribution in [1.82, 2.24) is 0 Å². The Bertz CT molecular complexity index is 768. The second kappa shape index (κ2) is 8.53. The van der Waals surface area contributed by atoms with E-state index in [-0.39, 0.29) is 23.5 Å². The van der Waals surface area contributed by atoms with Crippen LogP contribution in [0.5, 0.6) is 0 Å². The summed E-state index contributed by atoms with van der Waals surface area (Å²) < 4.78 is 26.5. The Hall–Kier alpha value is -2.09. The fraction of sp³-hybridized carbons (Fsp3) is 0.556. The summed E-state index contributed by atoms with van der Waals surface area (Å²) in [6.45, 7) is 3.54. The molecule has 144 valence electrons. The van der Waals surface area contributed by atoms with E-state index in [4.69, 9.17) is 5.11 Å². The standard InChI is InChI=1S/C18H26N2O5S/c1-3-11-26(24,25)20-16-6-4-5-15(12(16)2)19-17(21)13-7-9-14(10-8-13)18(22)23/h4-6,13-14,20H,3,7-11H2,1-2H3,(H,19,21)(H,22,23). The summed E-state index contributed by atoms with van der Waals surface area (Å²) >= 11 is 0. The van der Waals surface area contributed by atoms with E-state index in [1.165, 1.54) is 0 Å². The molecule has 1 aliphatic carbocycles. The summed E-state index contributed by atoms with van der Waals surface area (Å²) in [6.07, 6.45) is 2.62. The third-order valence-corrected chi connectivity index (χ3v) is 6.25. The molecule has 26 heavy (non-hydrogen) atoms. The first-order valence-electron chi connectivity index (χ1n) is 8.87. The minimum atomic E-state index is -3.41. The number of hydrogen-bond acceptors (Lipinski definition) is 4. The zero-order valence-electron chi connectivity index (χ0n) is 15.1. The molecule has 0 spiro atoms. The minimum Gasteiger partial charge on any atom is -0.481 e. The molecule has 0 heterocycles. The van der Waals surface area contributed by atoms with Crippen molar-refractivity contribution in [2.45, 2.75) is 46.0 Å². The van der Waals surface area contributed by atoms with Crippen LogP contribution in [0, 0.1) is 18.8 Å². The number of benzene rings is 1. The number of carbonyl (C=O) groups excluding carboxylic acids is 1. The molecule has 0 radical (unpaired) electrons. The Kier molecular flexibility index (Phi) is 6.63. The van der Waals surface area contributed by atoms with Crippen LogP contribution in [0.15, 0.2) is 18.2 Å². The Labute approximate surface area is 154 Å². The van der Waals surface area contributed by atoms with Crippen LogP contribution in [-0.4, -0.2) is 31.2 Å². The molecule has 0 saturated heterocycles. The molecular weight excluding hydrogens is 356 g/mol. The van der Waals surface area contributed by atoms with Gasteiger partial charge < -0.3 is 10.4 Å². The third kappa shape index (κ3) is 5.20. The largest absolute Gasteiger partial charge is 0.481 e. The van der Waals surface area contributed by atoms with E-state index in [1.807, 2.05) is 0 Å². The van der Waals surface area contributed by atoms with Gasteiger partial charge in [-0.15, -0.1) is 0 Å². The number of carboxylic acids is 1. The van der Waals surface area contributed by atoms with Crippen molar-refractivity contribution in [3.63, 3.8) is 0 Å². The van der Waals surface area contributed by atoms with Crippen LogP contribution < -0.4 is 10.0 Å². The molecule has 0 unspecified atom stereocenters. The maximum absolute atomic E-state index is 12.5. The minimum absolute atomic E-state index is 0.0375. The first-order chi connectivity index (χ1) is 12.2. The van der Waals surface area contributed by atoms with Gasteiger partial charge in [-0.25, -0.2) is 8.42 Å². The first kappa shape index (κ1) is 20.2. The summed E-state index contributed by atoms with van der Waals surface area (Å²) in [4.78, 5) is 23.5. The maximum Gasteiger partial charge on any atom is 0.306 e. The normalized spacial score (nSPS) is 20.4. The van der Waals surface area contributed by atoms with Gasteiger partial charge in [-0.05, 0) is 56.7 Å². The van der Waals surface area contributed by atoms with Crippen LogP contribution in [0.25, 0.3) is 0 Å². The van der Waals surface area contributed by atoms with Gasteiger partial charge in [0.15, 0.2) is 0 Å². The number of amides is 1. The lowest BCUT2D eigenvalue weighted by molar-refractivity contribution is -0.143. The molecule has 0 bridgehead atoms. The highest BCUT2D eigenvalue weighted by Crippen LogP contribution is 2.31. The van der Waals surface area contributed by atoms with E-state index in [0.717, 1.165) is 0 Å². The van der Waals surface area contributed by atoms with Crippen LogP contribution in [0.1, 0.15) is 44.6 Å². The second-order valence-electron chi connectivity index (χ2n) is 6.78. The lowest BCUT2D eigenvalue weighted by Gasteiger charge is -2.25. The van der Waals surface area contributed by atoms with Crippen molar-refractivity contribution in [3.05, 3.63) is 23.8 Å². The van der Waals surface area contributed by atoms with Crippen LogP contribution in [0.3, 0.4) is 0 Å². The molecule has 2 rings (SSSR count). The molecule has 1 aliphatic rings. The molecular formula is C18H26N2O5S. The first-order valence-corrected chi connectivity index (χ1v) is 10.5. The molecule has 3 N–H and O–H groups in total. The van der Waals surface area contributed by atoms with Gasteiger partial charge in [-0.1, -0.05) is 13.0 Å². The Morgan fingerprint density at radius 1 is 1.12 bits per heavy atom. The number of aliphatic carboxylic acids is 1. The molecule has 1 fully saturated rings. The Balaban J connectivity index is 2.05. The zero-order valence-corrected chi connectivity index (χ0v) is 15.9. The predicted molar refractivity (Wildman–Crippen MR) is 101 cm³/mol. The topological polar surface area (TPSA) is 113 Å². The molecule has 1 amide bonds. The summed E-state index contributed by atoms with van der Waals surface area (Å²) in [5.74, 6) is -1.49. The van der Waals surface area contributed by atoms with Gasteiger partial charge in [0, 0.05) is 11.6 Å². The molecule has 0 aromatic heterocycles. The molecule has 7 nitrogen and oxygen atoms in total. The van der Waals surface area contributed by atoms with Gasteiger partial charge in [-0.2, -0.15) is 0 Å². The van der Waals surface area contributed by atoms with Gasteiger partial charge in [0.05, 0.1) is 17.4 Å². The second-order valence-corrected chi connectivity index (χ2v) is 8.62. The SMILES string of the molecule is CCCS(=O)(=O)Nc1cccc(NC(=O)C2CCC(C(=O)O)CC2)c1C. The van der Waals surface area contributed by atoms with E-state index in [2.05, 4.69) is 10.0 Å². The summed E-state index contributed by atoms with van der Waals surface area (Å²) in [6, 6.07) is 5.08. The van der Waals surface area contributed by atoms with Crippen LogP contribution in [0.2, 0.25) is 0 Å². The monoisotopic (exact) mass is 382 g/mol. The number of nitrogens with one attached hydrogen (secondary N) is 2. The van der Waals surface area contributed by atoms with Crippen LogP contribution >= 0.6 is 0 Å². The molecule has 1 aromatic rings. The van der Waals surface area contributed by atoms with Crippen molar-refractivity contribution >= 4 is 33.3 Å². The highest BCUT2D eigenvalue weighted by Gasteiger charge is 2.30. The summed E-state index contributed by atoms with van der Waals surface area (Å²) in [5.41, 5.74) is 1.66. The molecule has 0 atom stereocenters. The highest BCUT2D eigenvalue weighted by molar-refractivity contribution is 7.92. The smallest absolute Gasteiger partial charge is 0.306 e. The van der Waals surface area contributed by atoms with Gasteiger partial charge in [-0.3, -0.25) is 14.3 Å². The van der Waals surface area contributed by atoms with Gasteiger partial charge in [0.1, 0.15) is 0 Å². The van der Waals surface area contributed by atoms with Gasteiger partial charge in [0.25, 0.3) is 0 Å². The molecule has 8 heteroatoms. The van der Waals surface area contributed by atoms with Gasteiger partial charge >= 0.3 is 5.97 Å². The predicted octanol–water partition coefficient (Wildman–Crippen LogP) is 2.98. The molecule has 0 aliphatic heterocycles. The zero-order chi connectivity index (χ0) is 19.3. The molecule has 1 saturated carbocycles. The Morgan fingerprint density at radius 2 is 1.69 bits per heavy atom. The van der Waals surface area contributed by atoms with Crippen LogP contribution in [0.4, 0.5) is 11.4 Å². The fourth-order valence-corrected chi connectivity index (χ4v) is 4.40. The number of sulfonamides is 1. The molecule has 1 aromatic carbocycles. The highest BCUT2D eigenvalue weighted by atomic mass is 32.2. The third-order valence-electron chi connectivity index (χ3n) is 4.78. The Morgan fingerprint density at radius 3 is 2.27 bits per heavy atom. The number of hydrogen-bond donors (Lipinski definition) is 3. The number of anilines is 2. The van der Waals surface area contributed by atoms with Crippen molar-refractivity contribution in [2.24, 2.45) is 11.8 Å². The number of carbonyl (C=O) groups is 2. The van der Waals surface area contributed by atoms with E-state index in [9.17, 15) is 18.0 Å². The van der Waals surface area contributed by atoms with Crippen molar-refractivity contribution < 1.29 is 23.1 Å². The van der Waals surface area contributed by atoms with Crippen molar-refractivity contribution in [1.29, 1.82) is 0 Å². The number of rotatable bonds is 7. The summed E-state index contributed by atoms with van der Waals surface area (Å²) in [5, 5.41) is 11.9. The van der Waals surface area contributed by atoms with E-state index >= 15 is 0 Å². The maximum atomic E-state index is 12.5. The van der Waals surface area contributed by atoms with Crippen LogP contribution in [-0.2, 0) is 19.6 Å². The van der Waals surface area contributed by atoms with Crippen molar-refractivity contribution in [2.75, 3.05) is 15.8 Å². The lowest BCUT2D eigenvalue weighted by atomic mass is 9.81. The fourth-order valence-electron chi connectivity index (χ4n) is 3.21. The van der Waals surface area contributed by atoms with E-state index in [1.54, 1.807) is 32.0 Å². The van der Waals surface area contributed by atoms with E-state index < -0.39 is 16.0 Å². The summed E-state index contributed by atoms with van der Waals surface area (Å²) in [7, 11) is -3.41. The quantitative estimate of drug-likeness (QED) is 0.671. The van der Waals surface area contributed by atoms with Crippen molar-refractivity contribution in [3.8, 4) is 0 Å².